The molecule has 2 aromatic rings. The van der Waals surface area contributed by atoms with E-state index >= 15 is 0 Å². The predicted octanol–water partition coefficient (Wildman–Crippen LogP) is 2.73. The number of rotatable bonds is 4. The van der Waals surface area contributed by atoms with Gasteiger partial charge in [0, 0.05) is 10.6 Å². The molecule has 1 atom stereocenters. The van der Waals surface area contributed by atoms with Gasteiger partial charge < -0.3 is 10.6 Å². The zero-order valence-electron chi connectivity index (χ0n) is 15.1. The molecule has 1 heterocycles. The molecule has 0 spiro atoms. The van der Waals surface area contributed by atoms with E-state index < -0.39 is 5.54 Å². The summed E-state index contributed by atoms with van der Waals surface area (Å²) in [6.07, 6.45) is 0. The summed E-state index contributed by atoms with van der Waals surface area (Å²) in [6, 6.07) is 15.1. The highest BCUT2D eigenvalue weighted by Crippen LogP contribution is 2.36. The van der Waals surface area contributed by atoms with Crippen molar-refractivity contribution in [1.29, 1.82) is 0 Å². The first-order chi connectivity index (χ1) is 12.3. The molecule has 0 unspecified atom stereocenters. The number of anilines is 2. The molecule has 5 nitrogen and oxygen atoms in total. The molecule has 26 heavy (non-hydrogen) atoms. The van der Waals surface area contributed by atoms with E-state index in [1.807, 2.05) is 54.7 Å². The Morgan fingerprint density at radius 2 is 1.96 bits per heavy atom. The van der Waals surface area contributed by atoms with Gasteiger partial charge in [0.2, 0.25) is 5.91 Å². The van der Waals surface area contributed by atoms with Crippen molar-refractivity contribution in [3.8, 4) is 0 Å². The van der Waals surface area contributed by atoms with Crippen LogP contribution in [0.15, 0.2) is 48.5 Å². The lowest BCUT2D eigenvalue weighted by Gasteiger charge is -2.41. The van der Waals surface area contributed by atoms with Crippen molar-refractivity contribution < 1.29 is 14.9 Å². The molecule has 3 N–H and O–H groups in total. The number of quaternary nitrogens is 1. The summed E-state index contributed by atoms with van der Waals surface area (Å²) in [7, 11) is 0. The second-order valence-electron chi connectivity index (χ2n) is 7.04. The summed E-state index contributed by atoms with van der Waals surface area (Å²) < 4.78 is 0. The van der Waals surface area contributed by atoms with E-state index in [1.165, 1.54) is 0 Å². The van der Waals surface area contributed by atoms with Gasteiger partial charge >= 0.3 is 0 Å². The molecule has 0 bridgehead atoms. The number of carbonyl (C=O) groups is 2. The third-order valence-corrected chi connectivity index (χ3v) is 5.01. The van der Waals surface area contributed by atoms with Crippen LogP contribution in [0.4, 0.5) is 11.4 Å². The van der Waals surface area contributed by atoms with Gasteiger partial charge in [-0.15, -0.1) is 0 Å². The van der Waals surface area contributed by atoms with Crippen LogP contribution >= 0.6 is 11.6 Å². The van der Waals surface area contributed by atoms with Crippen molar-refractivity contribution in [1.82, 2.24) is 0 Å². The standard InChI is InChI=1S/C20H22ClN3O2/c1-13(14-7-6-8-15(21)11-14)22-12-18(25)24-17-10-5-4-9-16(17)23-19(26)20(24,2)3/h4-11,13,22H,12H2,1-3H3,(H,23,26)/p+1/t13-/m1/s1. The molecule has 0 radical (unpaired) electrons. The Hall–Kier alpha value is -2.37. The Labute approximate surface area is 158 Å². The zero-order valence-corrected chi connectivity index (χ0v) is 15.9. The van der Waals surface area contributed by atoms with Gasteiger partial charge in [0.25, 0.3) is 5.91 Å². The summed E-state index contributed by atoms with van der Waals surface area (Å²) in [6.45, 7) is 5.78. The van der Waals surface area contributed by atoms with Gasteiger partial charge in [0.1, 0.15) is 11.6 Å². The van der Waals surface area contributed by atoms with Gasteiger partial charge in [-0.05, 0) is 45.0 Å². The van der Waals surface area contributed by atoms with Crippen molar-refractivity contribution in [3.63, 3.8) is 0 Å². The average Bonchev–Trinajstić information content (AvgIpc) is 2.60. The van der Waals surface area contributed by atoms with E-state index in [1.54, 1.807) is 24.8 Å². The highest BCUT2D eigenvalue weighted by atomic mass is 35.5. The molecule has 136 valence electrons. The molecule has 0 fully saturated rings. The maximum Gasteiger partial charge on any atom is 0.283 e. The van der Waals surface area contributed by atoms with Gasteiger partial charge in [-0.3, -0.25) is 14.5 Å². The Balaban J connectivity index is 1.79. The summed E-state index contributed by atoms with van der Waals surface area (Å²) in [5.74, 6) is -0.293. The number of benzene rings is 2. The SMILES string of the molecule is C[C@@H]([NH2+]CC(=O)N1c2ccccc2NC(=O)C1(C)C)c1cccc(Cl)c1. The third-order valence-electron chi connectivity index (χ3n) is 4.78. The van der Waals surface area contributed by atoms with Crippen molar-refractivity contribution in [2.75, 3.05) is 16.8 Å². The van der Waals surface area contributed by atoms with E-state index in [4.69, 9.17) is 11.6 Å². The summed E-state index contributed by atoms with van der Waals surface area (Å²) in [5.41, 5.74) is 1.50. The van der Waals surface area contributed by atoms with Crippen molar-refractivity contribution in [2.45, 2.75) is 32.4 Å². The molecule has 0 saturated carbocycles. The second-order valence-corrected chi connectivity index (χ2v) is 7.48. The van der Waals surface area contributed by atoms with Crippen LogP contribution in [0.2, 0.25) is 5.02 Å². The van der Waals surface area contributed by atoms with Gasteiger partial charge in [0.15, 0.2) is 6.54 Å². The predicted molar refractivity (Wildman–Crippen MR) is 103 cm³/mol. The number of para-hydroxylation sites is 2. The minimum atomic E-state index is -0.946. The maximum atomic E-state index is 13.0. The summed E-state index contributed by atoms with van der Waals surface area (Å²) in [4.78, 5) is 27.1. The van der Waals surface area contributed by atoms with Crippen LogP contribution in [0.5, 0.6) is 0 Å². The molecular weight excluding hydrogens is 350 g/mol. The van der Waals surface area contributed by atoms with Crippen molar-refractivity contribution >= 4 is 34.8 Å². The summed E-state index contributed by atoms with van der Waals surface area (Å²) >= 11 is 6.05. The Kier molecular flexibility index (Phi) is 5.03. The minimum absolute atomic E-state index is 0.0784. The van der Waals surface area contributed by atoms with Crippen LogP contribution < -0.4 is 15.5 Å². The van der Waals surface area contributed by atoms with Crippen LogP contribution in [0.25, 0.3) is 0 Å². The molecular formula is C20H23ClN3O2+. The molecule has 6 heteroatoms. The number of hydrogen-bond donors (Lipinski definition) is 2. The molecule has 2 aromatic carbocycles. The third kappa shape index (κ3) is 3.45. The Morgan fingerprint density at radius 1 is 1.23 bits per heavy atom. The summed E-state index contributed by atoms with van der Waals surface area (Å²) in [5, 5.41) is 5.51. The number of carbonyl (C=O) groups excluding carboxylic acids is 2. The normalized spacial score (nSPS) is 16.6. The number of halogens is 1. The van der Waals surface area contributed by atoms with Gasteiger partial charge in [0.05, 0.1) is 11.4 Å². The van der Waals surface area contributed by atoms with Crippen molar-refractivity contribution in [2.24, 2.45) is 0 Å². The van der Waals surface area contributed by atoms with Crippen LogP contribution in [0.3, 0.4) is 0 Å². The smallest absolute Gasteiger partial charge is 0.283 e. The molecule has 0 aliphatic carbocycles. The highest BCUT2D eigenvalue weighted by molar-refractivity contribution is 6.30. The van der Waals surface area contributed by atoms with Crippen LogP contribution in [-0.4, -0.2) is 23.9 Å². The fourth-order valence-electron chi connectivity index (χ4n) is 3.19. The number of fused-ring (bicyclic) bond motifs is 1. The lowest BCUT2D eigenvalue weighted by atomic mass is 9.96. The molecule has 3 rings (SSSR count). The second kappa shape index (κ2) is 7.09. The van der Waals surface area contributed by atoms with E-state index in [0.29, 0.717) is 10.7 Å². The van der Waals surface area contributed by atoms with Crippen molar-refractivity contribution in [3.05, 3.63) is 59.1 Å². The number of hydrogen-bond acceptors (Lipinski definition) is 2. The topological polar surface area (TPSA) is 66.0 Å². The van der Waals surface area contributed by atoms with Crippen LogP contribution in [0.1, 0.15) is 32.4 Å². The first-order valence-electron chi connectivity index (χ1n) is 8.63. The van der Waals surface area contributed by atoms with E-state index in [2.05, 4.69) is 5.32 Å². The van der Waals surface area contributed by atoms with Gasteiger partial charge in [-0.2, -0.15) is 0 Å². The van der Waals surface area contributed by atoms with Gasteiger partial charge in [-0.25, -0.2) is 0 Å². The monoisotopic (exact) mass is 372 g/mol. The number of nitrogens with one attached hydrogen (secondary N) is 1. The molecule has 1 aliphatic heterocycles. The minimum Gasteiger partial charge on any atom is -0.333 e. The van der Waals surface area contributed by atoms with Gasteiger partial charge in [-0.1, -0.05) is 35.9 Å². The molecule has 2 amide bonds. The lowest BCUT2D eigenvalue weighted by Crippen LogP contribution is -2.87. The first-order valence-corrected chi connectivity index (χ1v) is 9.01. The van der Waals surface area contributed by atoms with Crippen LogP contribution in [0, 0.1) is 0 Å². The van der Waals surface area contributed by atoms with E-state index in [0.717, 1.165) is 11.3 Å². The maximum absolute atomic E-state index is 13.0. The molecule has 1 aliphatic rings. The Bertz CT molecular complexity index is 850. The fourth-order valence-corrected chi connectivity index (χ4v) is 3.39. The van der Waals surface area contributed by atoms with E-state index in [-0.39, 0.29) is 24.4 Å². The Morgan fingerprint density at radius 3 is 2.69 bits per heavy atom. The first kappa shape index (κ1) is 18.4. The molecule has 0 aromatic heterocycles. The quantitative estimate of drug-likeness (QED) is 0.866. The highest BCUT2D eigenvalue weighted by Gasteiger charge is 2.43. The van der Waals surface area contributed by atoms with E-state index in [9.17, 15) is 9.59 Å². The molecule has 0 saturated heterocycles. The largest absolute Gasteiger partial charge is 0.333 e. The number of nitrogens with zero attached hydrogens (tertiary/aromatic N) is 1. The number of nitrogens with two attached hydrogens (primary N) is 1. The van der Waals surface area contributed by atoms with Crippen LogP contribution in [-0.2, 0) is 9.59 Å². The average molecular weight is 373 g/mol. The number of amides is 2. The zero-order chi connectivity index (χ0) is 18.9. The fraction of sp³-hybridized carbons (Fsp3) is 0.300. The lowest BCUT2D eigenvalue weighted by molar-refractivity contribution is -0.682.